The lowest BCUT2D eigenvalue weighted by molar-refractivity contribution is 0.745. The molecular formula is C11H15NS. The molecule has 0 aliphatic carbocycles. The topological polar surface area (TPSA) is 12.0 Å². The molecule has 0 amide bonds. The van der Waals surface area contributed by atoms with Crippen molar-refractivity contribution in [1.82, 2.24) is 5.32 Å². The van der Waals surface area contributed by atoms with Crippen molar-refractivity contribution >= 4 is 16.9 Å². The van der Waals surface area contributed by atoms with E-state index < -0.39 is 0 Å². The molecule has 1 nitrogen and oxygen atoms in total. The average Bonchev–Trinajstić information content (AvgIpc) is 2.72. The van der Waals surface area contributed by atoms with E-state index in [1.165, 1.54) is 28.9 Å². The van der Waals surface area contributed by atoms with Crippen LogP contribution in [0, 0.1) is 6.92 Å². The third-order valence-electron chi connectivity index (χ3n) is 2.69. The number of thiophene rings is 1. The Labute approximate surface area is 83.5 Å². The molecule has 0 saturated carbocycles. The molecule has 1 aromatic heterocycles. The molecule has 0 radical (unpaired) electrons. The lowest BCUT2D eigenvalue weighted by atomic mass is 10.00. The SMILES string of the molecule is C=C(c1ccsc1C)C1CCCN1. The van der Waals surface area contributed by atoms with Crippen molar-refractivity contribution < 1.29 is 0 Å². The number of nitrogens with one attached hydrogen (secondary N) is 1. The molecule has 0 bridgehead atoms. The van der Waals surface area contributed by atoms with Crippen molar-refractivity contribution in [3.8, 4) is 0 Å². The van der Waals surface area contributed by atoms with E-state index in [0.717, 1.165) is 6.54 Å². The van der Waals surface area contributed by atoms with Crippen LogP contribution < -0.4 is 5.32 Å². The van der Waals surface area contributed by atoms with Gasteiger partial charge in [0.2, 0.25) is 0 Å². The van der Waals surface area contributed by atoms with Crippen molar-refractivity contribution in [3.05, 3.63) is 28.5 Å². The van der Waals surface area contributed by atoms with Crippen molar-refractivity contribution in [2.24, 2.45) is 0 Å². The molecule has 0 aromatic carbocycles. The van der Waals surface area contributed by atoms with Gasteiger partial charge in [-0.25, -0.2) is 0 Å². The van der Waals surface area contributed by atoms with Crippen molar-refractivity contribution in [2.75, 3.05) is 6.54 Å². The fraction of sp³-hybridized carbons (Fsp3) is 0.455. The summed E-state index contributed by atoms with van der Waals surface area (Å²) in [5, 5.41) is 5.62. The molecule has 2 heteroatoms. The van der Waals surface area contributed by atoms with Gasteiger partial charge < -0.3 is 5.32 Å². The zero-order valence-corrected chi connectivity index (χ0v) is 8.79. The van der Waals surface area contributed by atoms with Crippen LogP contribution in [0.2, 0.25) is 0 Å². The first kappa shape index (κ1) is 8.97. The largest absolute Gasteiger partial charge is 0.310 e. The minimum Gasteiger partial charge on any atom is -0.310 e. The average molecular weight is 193 g/mol. The molecule has 70 valence electrons. The molecular weight excluding hydrogens is 178 g/mol. The highest BCUT2D eigenvalue weighted by atomic mass is 32.1. The predicted molar refractivity (Wildman–Crippen MR) is 59.1 cm³/mol. The molecule has 2 heterocycles. The van der Waals surface area contributed by atoms with E-state index in [0.29, 0.717) is 6.04 Å². The second-order valence-corrected chi connectivity index (χ2v) is 4.68. The lowest BCUT2D eigenvalue weighted by Gasteiger charge is -2.13. The molecule has 1 aliphatic heterocycles. The van der Waals surface area contributed by atoms with Gasteiger partial charge in [0.05, 0.1) is 0 Å². The molecule has 1 N–H and O–H groups in total. The van der Waals surface area contributed by atoms with Gasteiger partial charge in [0.1, 0.15) is 0 Å². The van der Waals surface area contributed by atoms with Crippen LogP contribution in [0.15, 0.2) is 18.0 Å². The maximum absolute atomic E-state index is 4.18. The summed E-state index contributed by atoms with van der Waals surface area (Å²) >= 11 is 1.80. The summed E-state index contributed by atoms with van der Waals surface area (Å²) in [5.74, 6) is 0. The molecule has 13 heavy (non-hydrogen) atoms. The maximum Gasteiger partial charge on any atom is 0.0321 e. The van der Waals surface area contributed by atoms with E-state index in [1.54, 1.807) is 11.3 Å². The number of aryl methyl sites for hydroxylation is 1. The van der Waals surface area contributed by atoms with Gasteiger partial charge in [-0.2, -0.15) is 0 Å². The van der Waals surface area contributed by atoms with Gasteiger partial charge in [0.15, 0.2) is 0 Å². The maximum atomic E-state index is 4.18. The van der Waals surface area contributed by atoms with Gasteiger partial charge >= 0.3 is 0 Å². The summed E-state index contributed by atoms with van der Waals surface area (Å²) < 4.78 is 0. The molecule has 1 aliphatic rings. The number of hydrogen-bond acceptors (Lipinski definition) is 2. The van der Waals surface area contributed by atoms with E-state index in [1.807, 2.05) is 0 Å². The normalized spacial score (nSPS) is 22.1. The Hall–Kier alpha value is -0.600. The van der Waals surface area contributed by atoms with Gasteiger partial charge in [0, 0.05) is 10.9 Å². The van der Waals surface area contributed by atoms with Crippen molar-refractivity contribution in [1.29, 1.82) is 0 Å². The Kier molecular flexibility index (Phi) is 2.51. The summed E-state index contributed by atoms with van der Waals surface area (Å²) in [4.78, 5) is 1.39. The van der Waals surface area contributed by atoms with Crippen LogP contribution in [0.4, 0.5) is 0 Å². The highest BCUT2D eigenvalue weighted by molar-refractivity contribution is 7.10. The first-order chi connectivity index (χ1) is 6.29. The summed E-state index contributed by atoms with van der Waals surface area (Å²) in [7, 11) is 0. The smallest absolute Gasteiger partial charge is 0.0321 e. The highest BCUT2D eigenvalue weighted by Gasteiger charge is 2.19. The second kappa shape index (κ2) is 3.64. The van der Waals surface area contributed by atoms with E-state index >= 15 is 0 Å². The summed E-state index contributed by atoms with van der Waals surface area (Å²) in [5.41, 5.74) is 2.63. The van der Waals surface area contributed by atoms with Gasteiger partial charge in [0.25, 0.3) is 0 Å². The first-order valence-electron chi connectivity index (χ1n) is 4.75. The Morgan fingerprint density at radius 1 is 1.69 bits per heavy atom. The van der Waals surface area contributed by atoms with Gasteiger partial charge in [-0.05, 0) is 48.9 Å². The van der Waals surface area contributed by atoms with Gasteiger partial charge in [-0.1, -0.05) is 6.58 Å². The number of hydrogen-bond donors (Lipinski definition) is 1. The van der Waals surface area contributed by atoms with Crippen LogP contribution in [0.1, 0.15) is 23.3 Å². The third kappa shape index (κ3) is 1.69. The third-order valence-corrected chi connectivity index (χ3v) is 3.53. The first-order valence-corrected chi connectivity index (χ1v) is 5.63. The molecule has 0 spiro atoms. The quantitative estimate of drug-likeness (QED) is 0.761. The van der Waals surface area contributed by atoms with Crippen LogP contribution in [-0.2, 0) is 0 Å². The standard InChI is InChI=1S/C11H15NS/c1-8(11-4-3-6-12-11)10-5-7-13-9(10)2/h5,7,11-12H,1,3-4,6H2,2H3. The van der Waals surface area contributed by atoms with Gasteiger partial charge in [-0.15, -0.1) is 11.3 Å². The summed E-state index contributed by atoms with van der Waals surface area (Å²) in [6, 6.07) is 2.70. The van der Waals surface area contributed by atoms with Crippen molar-refractivity contribution in [2.45, 2.75) is 25.8 Å². The van der Waals surface area contributed by atoms with E-state index in [2.05, 4.69) is 30.3 Å². The predicted octanol–water partition coefficient (Wildman–Crippen LogP) is 2.82. The van der Waals surface area contributed by atoms with Crippen LogP contribution in [0.3, 0.4) is 0 Å². The lowest BCUT2D eigenvalue weighted by Crippen LogP contribution is -2.22. The Bertz CT molecular complexity index is 308. The molecule has 2 rings (SSSR count). The van der Waals surface area contributed by atoms with Crippen LogP contribution >= 0.6 is 11.3 Å². The highest BCUT2D eigenvalue weighted by Crippen LogP contribution is 2.27. The van der Waals surface area contributed by atoms with Crippen LogP contribution in [0.25, 0.3) is 5.57 Å². The Morgan fingerprint density at radius 3 is 3.08 bits per heavy atom. The fourth-order valence-electron chi connectivity index (χ4n) is 1.89. The minimum absolute atomic E-state index is 0.522. The van der Waals surface area contributed by atoms with Crippen molar-refractivity contribution in [3.63, 3.8) is 0 Å². The van der Waals surface area contributed by atoms with Gasteiger partial charge in [-0.3, -0.25) is 0 Å². The van der Waals surface area contributed by atoms with Crippen LogP contribution in [-0.4, -0.2) is 12.6 Å². The number of rotatable bonds is 2. The molecule has 1 aromatic rings. The van der Waals surface area contributed by atoms with E-state index in [9.17, 15) is 0 Å². The molecule has 1 unspecified atom stereocenters. The molecule has 1 saturated heterocycles. The van der Waals surface area contributed by atoms with Crippen LogP contribution in [0.5, 0.6) is 0 Å². The van der Waals surface area contributed by atoms with E-state index in [-0.39, 0.29) is 0 Å². The monoisotopic (exact) mass is 193 g/mol. The fourth-order valence-corrected chi connectivity index (χ4v) is 2.62. The molecule has 1 fully saturated rings. The van der Waals surface area contributed by atoms with E-state index in [4.69, 9.17) is 0 Å². The molecule has 1 atom stereocenters. The summed E-state index contributed by atoms with van der Waals surface area (Å²) in [6.45, 7) is 7.50. The minimum atomic E-state index is 0.522. The second-order valence-electron chi connectivity index (χ2n) is 3.56. The Balaban J connectivity index is 2.17. The summed E-state index contributed by atoms with van der Waals surface area (Å²) in [6.07, 6.45) is 2.53. The zero-order chi connectivity index (χ0) is 9.26. The Morgan fingerprint density at radius 2 is 2.54 bits per heavy atom. The zero-order valence-electron chi connectivity index (χ0n) is 7.97.